The molecule has 158 valence electrons. The van der Waals surface area contributed by atoms with E-state index in [9.17, 15) is 0 Å². The second kappa shape index (κ2) is 7.57. The fraction of sp³-hybridized carbons (Fsp3) is 0.417. The van der Waals surface area contributed by atoms with E-state index >= 15 is 0 Å². The minimum absolute atomic E-state index is 0.654. The summed E-state index contributed by atoms with van der Waals surface area (Å²) in [7, 11) is 0. The number of hydrogen-bond acceptors (Lipinski definition) is 6. The van der Waals surface area contributed by atoms with E-state index in [1.807, 2.05) is 19.2 Å². The summed E-state index contributed by atoms with van der Waals surface area (Å²) in [5.74, 6) is 2.24. The summed E-state index contributed by atoms with van der Waals surface area (Å²) in [5, 5.41) is 12.6. The number of aromatic nitrogens is 5. The molecule has 0 radical (unpaired) electrons. The van der Waals surface area contributed by atoms with Gasteiger partial charge in [0.1, 0.15) is 5.75 Å². The number of rotatable bonds is 7. The maximum atomic E-state index is 5.94. The van der Waals surface area contributed by atoms with Gasteiger partial charge in [0, 0.05) is 24.3 Å². The molecular formula is C24H26N6O. The van der Waals surface area contributed by atoms with Gasteiger partial charge >= 0.3 is 0 Å². The molecule has 0 atom stereocenters. The lowest BCUT2D eigenvalue weighted by Gasteiger charge is -2.26. The molecule has 1 aromatic carbocycles. The first kappa shape index (κ1) is 18.7. The van der Waals surface area contributed by atoms with Crippen LogP contribution in [0.2, 0.25) is 0 Å². The molecule has 0 amide bonds. The van der Waals surface area contributed by atoms with Crippen molar-refractivity contribution in [3.8, 4) is 17.1 Å². The maximum absolute atomic E-state index is 5.94. The fourth-order valence-corrected chi connectivity index (χ4v) is 4.11. The molecule has 2 aliphatic rings. The second-order valence-electron chi connectivity index (χ2n) is 8.88. The quantitative estimate of drug-likeness (QED) is 0.491. The predicted molar refractivity (Wildman–Crippen MR) is 119 cm³/mol. The molecule has 4 aromatic rings. The Bertz CT molecular complexity index is 1260. The highest BCUT2D eigenvalue weighted by Crippen LogP contribution is 2.31. The van der Waals surface area contributed by atoms with E-state index in [4.69, 9.17) is 9.72 Å². The molecular weight excluding hydrogens is 388 g/mol. The van der Waals surface area contributed by atoms with E-state index < -0.39 is 0 Å². The van der Waals surface area contributed by atoms with Crippen molar-refractivity contribution in [2.75, 3.05) is 6.61 Å². The molecule has 3 heterocycles. The van der Waals surface area contributed by atoms with E-state index in [2.05, 4.69) is 43.1 Å². The number of nitrogens with one attached hydrogen (secondary N) is 1. The van der Waals surface area contributed by atoms with Crippen LogP contribution in [0.1, 0.15) is 43.4 Å². The summed E-state index contributed by atoms with van der Waals surface area (Å²) in [6.07, 6.45) is 10.0. The average molecular weight is 415 g/mol. The molecule has 7 heteroatoms. The fourth-order valence-electron chi connectivity index (χ4n) is 4.11. The molecule has 31 heavy (non-hydrogen) atoms. The van der Waals surface area contributed by atoms with Gasteiger partial charge in [0.15, 0.2) is 11.5 Å². The smallest absolute Gasteiger partial charge is 0.183 e. The molecule has 1 N–H and O–H groups in total. The first-order valence-electron chi connectivity index (χ1n) is 11.2. The van der Waals surface area contributed by atoms with E-state index in [-0.39, 0.29) is 0 Å². The van der Waals surface area contributed by atoms with Gasteiger partial charge in [0.2, 0.25) is 0 Å². The largest absolute Gasteiger partial charge is 0.492 e. The van der Waals surface area contributed by atoms with Gasteiger partial charge in [-0.15, -0.1) is 10.2 Å². The lowest BCUT2D eigenvalue weighted by Crippen LogP contribution is -2.34. The standard InChI is InChI=1S/C24H26N6O/c1-15-23-28-29-24(18-10-20(13-25-12-18)31-14-16-5-6-16)30(23)22-9-17(7-8-21(22)27-15)11-26-19-3-2-4-19/h7-10,12-13,16,19,26H,2-6,11,14H2,1H3. The highest BCUT2D eigenvalue weighted by Gasteiger charge is 2.22. The van der Waals surface area contributed by atoms with E-state index in [0.717, 1.165) is 52.7 Å². The third-order valence-electron chi connectivity index (χ3n) is 6.41. The van der Waals surface area contributed by atoms with Crippen molar-refractivity contribution >= 4 is 16.7 Å². The molecule has 6 rings (SSSR count). The number of pyridine rings is 1. The topological polar surface area (TPSA) is 77.2 Å². The van der Waals surface area contributed by atoms with Crippen molar-refractivity contribution < 1.29 is 4.74 Å². The Kier molecular flexibility index (Phi) is 4.56. The summed E-state index contributed by atoms with van der Waals surface area (Å²) < 4.78 is 8.04. The van der Waals surface area contributed by atoms with Gasteiger partial charge in [-0.3, -0.25) is 9.38 Å². The van der Waals surface area contributed by atoms with Crippen LogP contribution in [0.15, 0.2) is 36.7 Å². The Morgan fingerprint density at radius 2 is 2.00 bits per heavy atom. The SMILES string of the molecule is Cc1nc2ccc(CNC3CCC3)cc2n2c(-c3cncc(OCC4CC4)c3)nnc12. The van der Waals surface area contributed by atoms with Crippen LogP contribution in [0.3, 0.4) is 0 Å². The van der Waals surface area contributed by atoms with Crippen LogP contribution in [-0.2, 0) is 6.54 Å². The van der Waals surface area contributed by atoms with E-state index in [1.54, 1.807) is 6.20 Å². The Hall–Kier alpha value is -3.06. The number of aryl methyl sites for hydroxylation is 1. The number of fused-ring (bicyclic) bond motifs is 3. The molecule has 0 aliphatic heterocycles. The Labute approximate surface area is 180 Å². The third kappa shape index (κ3) is 3.63. The molecule has 0 saturated heterocycles. The first-order valence-corrected chi connectivity index (χ1v) is 11.2. The van der Waals surface area contributed by atoms with Gasteiger partial charge in [-0.1, -0.05) is 12.5 Å². The van der Waals surface area contributed by atoms with Crippen LogP contribution in [0, 0.1) is 12.8 Å². The van der Waals surface area contributed by atoms with Crippen molar-refractivity contribution in [2.24, 2.45) is 5.92 Å². The van der Waals surface area contributed by atoms with Crippen molar-refractivity contribution in [2.45, 2.75) is 51.6 Å². The van der Waals surface area contributed by atoms with Crippen molar-refractivity contribution in [1.29, 1.82) is 0 Å². The molecule has 3 aromatic heterocycles. The molecule has 7 nitrogen and oxygen atoms in total. The lowest BCUT2D eigenvalue weighted by molar-refractivity contribution is 0.299. The van der Waals surface area contributed by atoms with Gasteiger partial charge in [0.05, 0.1) is 29.5 Å². The highest BCUT2D eigenvalue weighted by molar-refractivity contribution is 5.81. The Morgan fingerprint density at radius 1 is 1.10 bits per heavy atom. The normalized spacial score (nSPS) is 16.7. The van der Waals surface area contributed by atoms with Crippen LogP contribution < -0.4 is 10.1 Å². The first-order chi connectivity index (χ1) is 15.2. The van der Waals surface area contributed by atoms with Crippen LogP contribution in [0.4, 0.5) is 0 Å². The average Bonchev–Trinajstić information content (AvgIpc) is 3.47. The molecule has 0 unspecified atom stereocenters. The second-order valence-corrected chi connectivity index (χ2v) is 8.88. The Balaban J connectivity index is 1.41. The zero-order chi connectivity index (χ0) is 20.8. The van der Waals surface area contributed by atoms with Crippen molar-refractivity contribution in [3.63, 3.8) is 0 Å². The summed E-state index contributed by atoms with van der Waals surface area (Å²) in [4.78, 5) is 9.16. The summed E-state index contributed by atoms with van der Waals surface area (Å²) in [6, 6.07) is 9.12. The number of nitrogens with zero attached hydrogens (tertiary/aromatic N) is 5. The van der Waals surface area contributed by atoms with E-state index in [0.29, 0.717) is 12.0 Å². The molecule has 0 spiro atoms. The van der Waals surface area contributed by atoms with E-state index in [1.165, 1.54) is 37.7 Å². The number of hydrogen-bond donors (Lipinski definition) is 1. The monoisotopic (exact) mass is 414 g/mol. The van der Waals surface area contributed by atoms with Gasteiger partial charge in [-0.05, 0) is 62.3 Å². The lowest BCUT2D eigenvalue weighted by atomic mass is 9.93. The minimum atomic E-state index is 0.654. The molecule has 2 aliphatic carbocycles. The summed E-state index contributed by atoms with van der Waals surface area (Å²) in [5.41, 5.74) is 5.72. The third-order valence-corrected chi connectivity index (χ3v) is 6.41. The van der Waals surface area contributed by atoms with Crippen LogP contribution >= 0.6 is 0 Å². The zero-order valence-electron chi connectivity index (χ0n) is 17.7. The summed E-state index contributed by atoms with van der Waals surface area (Å²) in [6.45, 7) is 3.60. The number of benzene rings is 1. The Morgan fingerprint density at radius 3 is 2.81 bits per heavy atom. The van der Waals surface area contributed by atoms with Crippen LogP contribution in [-0.4, -0.2) is 37.2 Å². The van der Waals surface area contributed by atoms with Gasteiger partial charge in [0.25, 0.3) is 0 Å². The van der Waals surface area contributed by atoms with Crippen molar-refractivity contribution in [1.82, 2.24) is 29.9 Å². The van der Waals surface area contributed by atoms with Crippen LogP contribution in [0.25, 0.3) is 28.1 Å². The maximum Gasteiger partial charge on any atom is 0.183 e. The van der Waals surface area contributed by atoms with Crippen LogP contribution in [0.5, 0.6) is 5.75 Å². The van der Waals surface area contributed by atoms with Gasteiger partial charge < -0.3 is 10.1 Å². The number of ether oxygens (including phenoxy) is 1. The van der Waals surface area contributed by atoms with Crippen molar-refractivity contribution in [3.05, 3.63) is 47.9 Å². The van der Waals surface area contributed by atoms with Gasteiger partial charge in [-0.2, -0.15) is 0 Å². The molecule has 2 saturated carbocycles. The van der Waals surface area contributed by atoms with Gasteiger partial charge in [-0.25, -0.2) is 4.98 Å². The molecule has 2 fully saturated rings. The zero-order valence-corrected chi connectivity index (χ0v) is 17.7. The summed E-state index contributed by atoms with van der Waals surface area (Å²) >= 11 is 0. The minimum Gasteiger partial charge on any atom is -0.492 e. The highest BCUT2D eigenvalue weighted by atomic mass is 16.5. The molecule has 0 bridgehead atoms. The predicted octanol–water partition coefficient (Wildman–Crippen LogP) is 4.08.